The molecule has 2 aromatic heterocycles. The number of carbonyl (C=O) groups is 1. The zero-order chi connectivity index (χ0) is 24.1. The van der Waals surface area contributed by atoms with Gasteiger partial charge in [0, 0.05) is 68.8 Å². The van der Waals surface area contributed by atoms with Gasteiger partial charge < -0.3 is 15.0 Å². The molecule has 176 valence electrons. The van der Waals surface area contributed by atoms with Crippen molar-refractivity contribution in [3.8, 4) is 11.1 Å². The van der Waals surface area contributed by atoms with Gasteiger partial charge >= 0.3 is 0 Å². The Bertz CT molecular complexity index is 1250. The number of aliphatic carboxylic acids is 1. The van der Waals surface area contributed by atoms with Crippen LogP contribution in [0, 0.1) is 5.82 Å². The summed E-state index contributed by atoms with van der Waals surface area (Å²) in [6, 6.07) is 17.9. The van der Waals surface area contributed by atoms with Crippen LogP contribution < -0.4 is 0 Å². The molecule has 1 aliphatic rings. The van der Waals surface area contributed by atoms with E-state index < -0.39 is 5.97 Å². The molecule has 0 saturated carbocycles. The van der Waals surface area contributed by atoms with Gasteiger partial charge in [0.2, 0.25) is 0 Å². The molecule has 4 aromatic rings. The topological polar surface area (TPSA) is 72.5 Å². The van der Waals surface area contributed by atoms with Crippen molar-refractivity contribution in [1.29, 1.82) is 0 Å². The summed E-state index contributed by atoms with van der Waals surface area (Å²) in [6.45, 7) is 4.83. The lowest BCUT2D eigenvalue weighted by Crippen LogP contribution is -2.46. The maximum atomic E-state index is 13.4. The standard InChI is InChI=1S/C25H25FN4.C2H4O2/c1-29-10-11-30(25(17-29)19-2-5-23(26)6-3-19)16-18-12-22(15-27-14-18)20-4-7-24-21(13-20)8-9-28-24;1-2(3)4/h2-9,12-15,25,28H,10-11,16-17H2,1H3;1H3,(H,3,4)/t25-;/m1./s1. The quantitative estimate of drug-likeness (QED) is 0.451. The maximum Gasteiger partial charge on any atom is 0.300 e. The number of carboxylic acid groups (broad SMARTS) is 1. The number of halogens is 1. The monoisotopic (exact) mass is 460 g/mol. The zero-order valence-corrected chi connectivity index (χ0v) is 19.4. The molecule has 0 spiro atoms. The average molecular weight is 461 g/mol. The summed E-state index contributed by atoms with van der Waals surface area (Å²) >= 11 is 0. The van der Waals surface area contributed by atoms with Crippen molar-refractivity contribution in [3.63, 3.8) is 0 Å². The zero-order valence-electron chi connectivity index (χ0n) is 19.4. The Morgan fingerprint density at radius 1 is 1.09 bits per heavy atom. The van der Waals surface area contributed by atoms with Crippen LogP contribution >= 0.6 is 0 Å². The van der Waals surface area contributed by atoms with Crippen molar-refractivity contribution in [2.45, 2.75) is 19.5 Å². The molecular weight excluding hydrogens is 431 g/mol. The normalized spacial score (nSPS) is 16.7. The van der Waals surface area contributed by atoms with Crippen molar-refractivity contribution >= 4 is 16.9 Å². The second-order valence-corrected chi connectivity index (χ2v) is 8.68. The molecule has 6 nitrogen and oxygen atoms in total. The Hall–Kier alpha value is -3.55. The molecule has 0 aliphatic carbocycles. The molecule has 1 saturated heterocycles. The van der Waals surface area contributed by atoms with E-state index in [2.05, 4.69) is 57.1 Å². The highest BCUT2D eigenvalue weighted by Gasteiger charge is 2.26. The summed E-state index contributed by atoms with van der Waals surface area (Å²) in [7, 11) is 2.15. The number of aromatic amines is 1. The lowest BCUT2D eigenvalue weighted by molar-refractivity contribution is -0.134. The highest BCUT2D eigenvalue weighted by atomic mass is 19.1. The number of pyridine rings is 1. The number of rotatable bonds is 4. The number of fused-ring (bicyclic) bond motifs is 1. The molecule has 2 aromatic carbocycles. The SMILES string of the molecule is CC(=O)O.CN1CCN(Cc2cncc(-c3ccc4[nH]ccc4c3)c2)[C@@H](c2ccc(F)cc2)C1. The first-order chi connectivity index (χ1) is 16.4. The minimum atomic E-state index is -0.833. The van der Waals surface area contributed by atoms with Gasteiger partial charge in [-0.05, 0) is 65.5 Å². The van der Waals surface area contributed by atoms with E-state index in [4.69, 9.17) is 9.90 Å². The summed E-state index contributed by atoms with van der Waals surface area (Å²) in [4.78, 5) is 21.6. The second-order valence-electron chi connectivity index (χ2n) is 8.68. The first kappa shape index (κ1) is 23.6. The van der Waals surface area contributed by atoms with Crippen LogP contribution in [0.25, 0.3) is 22.0 Å². The molecule has 3 heterocycles. The highest BCUT2D eigenvalue weighted by Crippen LogP contribution is 2.28. The van der Waals surface area contributed by atoms with E-state index in [0.717, 1.165) is 49.7 Å². The third-order valence-electron chi connectivity index (χ3n) is 6.02. The Kier molecular flexibility index (Phi) is 7.35. The number of carboxylic acids is 1. The molecule has 0 unspecified atom stereocenters. The minimum Gasteiger partial charge on any atom is -0.481 e. The smallest absolute Gasteiger partial charge is 0.300 e. The van der Waals surface area contributed by atoms with Gasteiger partial charge in [0.25, 0.3) is 5.97 Å². The van der Waals surface area contributed by atoms with Gasteiger partial charge in [-0.3, -0.25) is 14.7 Å². The third kappa shape index (κ3) is 5.87. The van der Waals surface area contributed by atoms with Gasteiger partial charge in [0.1, 0.15) is 5.82 Å². The number of nitrogens with zero attached hydrogens (tertiary/aromatic N) is 3. The molecule has 1 atom stereocenters. The van der Waals surface area contributed by atoms with Gasteiger partial charge in [-0.2, -0.15) is 0 Å². The van der Waals surface area contributed by atoms with Crippen LogP contribution in [-0.2, 0) is 11.3 Å². The predicted octanol–water partition coefficient (Wildman–Crippen LogP) is 4.95. The van der Waals surface area contributed by atoms with Crippen LogP contribution in [0.5, 0.6) is 0 Å². The summed E-state index contributed by atoms with van der Waals surface area (Å²) in [5.74, 6) is -1.02. The molecule has 7 heteroatoms. The number of piperazine rings is 1. The molecule has 34 heavy (non-hydrogen) atoms. The van der Waals surface area contributed by atoms with Gasteiger partial charge in [-0.15, -0.1) is 0 Å². The number of likely N-dealkylation sites (N-methyl/N-ethyl adjacent to an activating group) is 1. The number of H-pyrrole nitrogens is 1. The van der Waals surface area contributed by atoms with Crippen molar-refractivity contribution < 1.29 is 14.3 Å². The fourth-order valence-corrected chi connectivity index (χ4v) is 4.35. The lowest BCUT2D eigenvalue weighted by atomic mass is 10.0. The number of hydrogen-bond donors (Lipinski definition) is 2. The van der Waals surface area contributed by atoms with Crippen LogP contribution in [-0.4, -0.2) is 57.5 Å². The van der Waals surface area contributed by atoms with Gasteiger partial charge in [-0.25, -0.2) is 4.39 Å². The molecule has 2 N–H and O–H groups in total. The summed E-state index contributed by atoms with van der Waals surface area (Å²) in [5.41, 5.74) is 5.79. The van der Waals surface area contributed by atoms with Crippen molar-refractivity contribution in [2.24, 2.45) is 0 Å². The number of nitrogens with one attached hydrogen (secondary N) is 1. The lowest BCUT2D eigenvalue weighted by Gasteiger charge is -2.40. The fourth-order valence-electron chi connectivity index (χ4n) is 4.35. The van der Waals surface area contributed by atoms with Gasteiger partial charge in [0.05, 0.1) is 0 Å². The highest BCUT2D eigenvalue weighted by molar-refractivity contribution is 5.84. The molecule has 0 bridgehead atoms. The van der Waals surface area contributed by atoms with E-state index >= 15 is 0 Å². The van der Waals surface area contributed by atoms with Crippen LogP contribution in [0.4, 0.5) is 4.39 Å². The summed E-state index contributed by atoms with van der Waals surface area (Å²) < 4.78 is 13.4. The Labute approximate surface area is 198 Å². The van der Waals surface area contributed by atoms with E-state index in [1.807, 2.05) is 30.7 Å². The predicted molar refractivity (Wildman–Crippen MR) is 132 cm³/mol. The van der Waals surface area contributed by atoms with Gasteiger partial charge in [-0.1, -0.05) is 18.2 Å². The van der Waals surface area contributed by atoms with E-state index in [-0.39, 0.29) is 11.9 Å². The van der Waals surface area contributed by atoms with Crippen LogP contribution in [0.2, 0.25) is 0 Å². The minimum absolute atomic E-state index is 0.189. The summed E-state index contributed by atoms with van der Waals surface area (Å²) in [6.07, 6.45) is 5.85. The Balaban J connectivity index is 0.000000636. The Morgan fingerprint density at radius 2 is 1.85 bits per heavy atom. The largest absolute Gasteiger partial charge is 0.481 e. The van der Waals surface area contributed by atoms with Crippen molar-refractivity contribution in [2.75, 3.05) is 26.7 Å². The third-order valence-corrected chi connectivity index (χ3v) is 6.02. The maximum absolute atomic E-state index is 13.4. The van der Waals surface area contributed by atoms with Crippen LogP contribution in [0.3, 0.4) is 0 Å². The first-order valence-corrected chi connectivity index (χ1v) is 11.3. The molecular formula is C27H29FN4O2. The van der Waals surface area contributed by atoms with Crippen LogP contribution in [0.15, 0.2) is 73.2 Å². The van der Waals surface area contributed by atoms with Crippen molar-refractivity contribution in [1.82, 2.24) is 19.8 Å². The van der Waals surface area contributed by atoms with E-state index in [9.17, 15) is 4.39 Å². The molecule has 0 radical (unpaired) electrons. The van der Waals surface area contributed by atoms with E-state index in [1.54, 1.807) is 12.1 Å². The Morgan fingerprint density at radius 3 is 2.62 bits per heavy atom. The molecule has 5 rings (SSSR count). The fraction of sp³-hybridized carbons (Fsp3) is 0.259. The molecule has 1 aliphatic heterocycles. The summed E-state index contributed by atoms with van der Waals surface area (Å²) in [5, 5.41) is 8.62. The average Bonchev–Trinajstić information content (AvgIpc) is 3.29. The van der Waals surface area contributed by atoms with Crippen molar-refractivity contribution in [3.05, 3.63) is 90.1 Å². The molecule has 1 fully saturated rings. The first-order valence-electron chi connectivity index (χ1n) is 11.3. The van der Waals surface area contributed by atoms with Gasteiger partial charge in [0.15, 0.2) is 0 Å². The van der Waals surface area contributed by atoms with E-state index in [1.165, 1.54) is 16.5 Å². The number of aromatic nitrogens is 2. The number of hydrogen-bond acceptors (Lipinski definition) is 4. The second kappa shape index (κ2) is 10.6. The molecule has 0 amide bonds. The number of benzene rings is 2. The van der Waals surface area contributed by atoms with E-state index in [0.29, 0.717) is 0 Å². The van der Waals surface area contributed by atoms with Crippen LogP contribution in [0.1, 0.15) is 24.1 Å².